The molecule has 126 valence electrons. The molecule has 1 saturated carbocycles. The number of carbonyl (C=O) groups is 2. The molecule has 1 aromatic heterocycles. The SMILES string of the molecule is O=C1C(Nc2ccc(C3CCCCC3)cc2)=CC(=O)c2ncncc21. The predicted octanol–water partition coefficient (Wildman–Crippen LogP) is 3.90. The Hall–Kier alpha value is -2.82. The first-order chi connectivity index (χ1) is 12.2. The van der Waals surface area contributed by atoms with Crippen molar-refractivity contribution in [1.82, 2.24) is 9.97 Å². The van der Waals surface area contributed by atoms with Gasteiger partial charge in [0.1, 0.15) is 12.0 Å². The van der Waals surface area contributed by atoms with E-state index in [0.717, 1.165) is 5.69 Å². The fourth-order valence-corrected chi connectivity index (χ4v) is 3.63. The van der Waals surface area contributed by atoms with Crippen LogP contribution in [-0.4, -0.2) is 21.5 Å². The number of hydrogen-bond acceptors (Lipinski definition) is 5. The van der Waals surface area contributed by atoms with Crippen molar-refractivity contribution < 1.29 is 9.59 Å². The first-order valence-electron chi connectivity index (χ1n) is 8.70. The minimum Gasteiger partial charge on any atom is -0.352 e. The predicted molar refractivity (Wildman–Crippen MR) is 94.7 cm³/mol. The van der Waals surface area contributed by atoms with Crippen LogP contribution in [0.4, 0.5) is 5.69 Å². The van der Waals surface area contributed by atoms with E-state index in [1.165, 1.54) is 56.3 Å². The molecule has 0 aliphatic heterocycles. The molecule has 0 unspecified atom stereocenters. The average Bonchev–Trinajstić information content (AvgIpc) is 2.67. The lowest BCUT2D eigenvalue weighted by Gasteiger charge is -2.22. The highest BCUT2D eigenvalue weighted by Gasteiger charge is 2.27. The molecule has 5 heteroatoms. The van der Waals surface area contributed by atoms with E-state index in [1.807, 2.05) is 12.1 Å². The number of nitrogens with zero attached hydrogens (tertiary/aromatic N) is 2. The Balaban J connectivity index is 1.52. The van der Waals surface area contributed by atoms with Crippen LogP contribution < -0.4 is 5.32 Å². The molecule has 0 amide bonds. The zero-order valence-corrected chi connectivity index (χ0v) is 13.9. The first kappa shape index (κ1) is 15.7. The molecule has 4 rings (SSSR count). The van der Waals surface area contributed by atoms with Crippen LogP contribution in [0.1, 0.15) is 64.4 Å². The summed E-state index contributed by atoms with van der Waals surface area (Å²) >= 11 is 0. The van der Waals surface area contributed by atoms with Gasteiger partial charge in [0.15, 0.2) is 0 Å². The van der Waals surface area contributed by atoms with E-state index in [2.05, 4.69) is 27.4 Å². The standard InChI is InChI=1S/C20H19N3O2/c24-18-10-17(20(25)16-11-21-12-22-19(16)18)23-15-8-6-14(7-9-15)13-4-2-1-3-5-13/h6-13,23H,1-5H2. The highest BCUT2D eigenvalue weighted by molar-refractivity contribution is 6.24. The Labute approximate surface area is 146 Å². The van der Waals surface area contributed by atoms with Crippen LogP contribution in [0.2, 0.25) is 0 Å². The van der Waals surface area contributed by atoms with Gasteiger partial charge in [-0.05, 0) is 36.5 Å². The van der Waals surface area contributed by atoms with Gasteiger partial charge < -0.3 is 5.32 Å². The minimum absolute atomic E-state index is 0.165. The van der Waals surface area contributed by atoms with Gasteiger partial charge in [-0.25, -0.2) is 9.97 Å². The van der Waals surface area contributed by atoms with E-state index < -0.39 is 0 Å². The summed E-state index contributed by atoms with van der Waals surface area (Å²) in [6, 6.07) is 8.18. The van der Waals surface area contributed by atoms with Crippen LogP contribution in [0.25, 0.3) is 0 Å². The van der Waals surface area contributed by atoms with Gasteiger partial charge in [0, 0.05) is 18.0 Å². The third-order valence-corrected chi connectivity index (χ3v) is 4.98. The molecule has 2 aromatic rings. The quantitative estimate of drug-likeness (QED) is 0.922. The zero-order valence-electron chi connectivity index (χ0n) is 13.9. The third kappa shape index (κ3) is 3.09. The van der Waals surface area contributed by atoms with Crippen molar-refractivity contribution in [3.63, 3.8) is 0 Å². The summed E-state index contributed by atoms with van der Waals surface area (Å²) in [5.74, 6) is 0.105. The normalized spacial score (nSPS) is 17.8. The van der Waals surface area contributed by atoms with E-state index >= 15 is 0 Å². The molecule has 1 fully saturated rings. The van der Waals surface area contributed by atoms with Crippen molar-refractivity contribution >= 4 is 17.3 Å². The summed E-state index contributed by atoms with van der Waals surface area (Å²) in [4.78, 5) is 32.4. The molecule has 0 saturated heterocycles. The molecule has 1 heterocycles. The van der Waals surface area contributed by atoms with E-state index in [9.17, 15) is 9.59 Å². The Morgan fingerprint density at radius 1 is 1.00 bits per heavy atom. The molecule has 0 radical (unpaired) electrons. The molecule has 2 aliphatic rings. The number of rotatable bonds is 3. The molecule has 0 bridgehead atoms. The molecule has 1 N–H and O–H groups in total. The smallest absolute Gasteiger partial charge is 0.213 e. The van der Waals surface area contributed by atoms with Crippen LogP contribution >= 0.6 is 0 Å². The lowest BCUT2D eigenvalue weighted by Crippen LogP contribution is -2.22. The maximum absolute atomic E-state index is 12.5. The summed E-state index contributed by atoms with van der Waals surface area (Å²) in [6.45, 7) is 0. The van der Waals surface area contributed by atoms with Gasteiger partial charge in [0.05, 0.1) is 11.3 Å². The number of fused-ring (bicyclic) bond motifs is 1. The van der Waals surface area contributed by atoms with Crippen molar-refractivity contribution in [1.29, 1.82) is 0 Å². The fourth-order valence-electron chi connectivity index (χ4n) is 3.63. The average molecular weight is 333 g/mol. The van der Waals surface area contributed by atoms with Crippen LogP contribution in [0.5, 0.6) is 0 Å². The topological polar surface area (TPSA) is 72.0 Å². The van der Waals surface area contributed by atoms with Gasteiger partial charge >= 0.3 is 0 Å². The first-order valence-corrected chi connectivity index (χ1v) is 8.70. The van der Waals surface area contributed by atoms with Gasteiger partial charge in [-0.3, -0.25) is 9.59 Å². The van der Waals surface area contributed by atoms with Gasteiger partial charge in [0.2, 0.25) is 11.6 Å². The molecular formula is C20H19N3O2. The number of carbonyl (C=O) groups excluding carboxylic acids is 2. The summed E-state index contributed by atoms with van der Waals surface area (Å²) in [6.07, 6.45) is 10.4. The molecular weight excluding hydrogens is 314 g/mol. The van der Waals surface area contributed by atoms with Crippen LogP contribution in [-0.2, 0) is 0 Å². The second kappa shape index (κ2) is 6.59. The maximum Gasteiger partial charge on any atom is 0.213 e. The molecule has 0 atom stereocenters. The van der Waals surface area contributed by atoms with Crippen molar-refractivity contribution in [2.45, 2.75) is 38.0 Å². The zero-order chi connectivity index (χ0) is 17.2. The number of hydrogen-bond donors (Lipinski definition) is 1. The van der Waals surface area contributed by atoms with E-state index in [0.29, 0.717) is 5.92 Å². The number of anilines is 1. The van der Waals surface area contributed by atoms with Gasteiger partial charge in [-0.2, -0.15) is 0 Å². The van der Waals surface area contributed by atoms with E-state index in [1.54, 1.807) is 0 Å². The van der Waals surface area contributed by atoms with Crippen molar-refractivity contribution in [2.75, 3.05) is 5.32 Å². The Kier molecular flexibility index (Phi) is 4.14. The van der Waals surface area contributed by atoms with Crippen LogP contribution in [0.15, 0.2) is 48.6 Å². The van der Waals surface area contributed by atoms with E-state index in [4.69, 9.17) is 0 Å². The largest absolute Gasteiger partial charge is 0.352 e. The highest BCUT2D eigenvalue weighted by Crippen LogP contribution is 2.33. The second-order valence-electron chi connectivity index (χ2n) is 6.62. The lowest BCUT2D eigenvalue weighted by molar-refractivity contribution is 0.0981. The highest BCUT2D eigenvalue weighted by atomic mass is 16.1. The van der Waals surface area contributed by atoms with Gasteiger partial charge in [-0.1, -0.05) is 31.4 Å². The molecule has 2 aliphatic carbocycles. The van der Waals surface area contributed by atoms with Gasteiger partial charge in [0.25, 0.3) is 0 Å². The molecule has 5 nitrogen and oxygen atoms in total. The summed E-state index contributed by atoms with van der Waals surface area (Å²) in [7, 11) is 0. The summed E-state index contributed by atoms with van der Waals surface area (Å²) in [5.41, 5.74) is 2.82. The third-order valence-electron chi connectivity index (χ3n) is 4.98. The van der Waals surface area contributed by atoms with Crippen LogP contribution in [0, 0.1) is 0 Å². The monoisotopic (exact) mass is 333 g/mol. The number of aromatic nitrogens is 2. The summed E-state index contributed by atoms with van der Waals surface area (Å²) < 4.78 is 0. The van der Waals surface area contributed by atoms with Crippen molar-refractivity contribution in [3.05, 3.63) is 65.4 Å². The Morgan fingerprint density at radius 2 is 1.76 bits per heavy atom. The number of ketones is 2. The fraction of sp³-hybridized carbons (Fsp3) is 0.300. The van der Waals surface area contributed by atoms with Crippen molar-refractivity contribution in [2.24, 2.45) is 0 Å². The molecule has 0 spiro atoms. The Morgan fingerprint density at radius 3 is 2.52 bits per heavy atom. The maximum atomic E-state index is 12.5. The summed E-state index contributed by atoms with van der Waals surface area (Å²) in [5, 5.41) is 3.07. The van der Waals surface area contributed by atoms with E-state index in [-0.39, 0.29) is 28.5 Å². The number of benzene rings is 1. The second-order valence-corrected chi connectivity index (χ2v) is 6.62. The Bertz CT molecular complexity index is 849. The minimum atomic E-state index is -0.279. The lowest BCUT2D eigenvalue weighted by atomic mass is 9.84. The van der Waals surface area contributed by atoms with Crippen molar-refractivity contribution in [3.8, 4) is 0 Å². The molecule has 1 aromatic carbocycles. The molecule has 25 heavy (non-hydrogen) atoms. The number of nitrogens with one attached hydrogen (secondary N) is 1. The van der Waals surface area contributed by atoms with Gasteiger partial charge in [-0.15, -0.1) is 0 Å². The number of Topliss-reactive ketones (excluding diaryl/α,β-unsaturated/α-hetero) is 1. The van der Waals surface area contributed by atoms with Crippen LogP contribution in [0.3, 0.4) is 0 Å². The number of allylic oxidation sites excluding steroid dienone is 2.